The Morgan fingerprint density at radius 2 is 1.82 bits per heavy atom. The second-order valence-corrected chi connectivity index (χ2v) is 5.57. The van der Waals surface area contributed by atoms with Crippen molar-refractivity contribution >= 4 is 17.5 Å². The quantitative estimate of drug-likeness (QED) is 0.823. The predicted molar refractivity (Wildman–Crippen MR) is 87.7 cm³/mol. The fraction of sp³-hybridized carbons (Fsp3) is 0.235. The van der Waals surface area contributed by atoms with Crippen molar-refractivity contribution in [1.29, 1.82) is 0 Å². The molecule has 1 amide bonds. The highest BCUT2D eigenvalue weighted by Gasteiger charge is 2.08. The molecule has 4 N–H and O–H groups in total. The molecule has 116 valence electrons. The molecule has 22 heavy (non-hydrogen) atoms. The molecule has 5 heteroatoms. The average molecular weight is 319 g/mol. The molecule has 1 unspecified atom stereocenters. The third-order valence-corrected chi connectivity index (χ3v) is 3.61. The van der Waals surface area contributed by atoms with E-state index in [4.69, 9.17) is 27.8 Å². The van der Waals surface area contributed by atoms with Crippen LogP contribution in [0.25, 0.3) is 0 Å². The zero-order valence-electron chi connectivity index (χ0n) is 12.2. The van der Waals surface area contributed by atoms with E-state index in [0.717, 1.165) is 16.9 Å². The Hall–Kier alpha value is -2.04. The number of primary amides is 1. The first kappa shape index (κ1) is 16.3. The Bertz CT molecular complexity index is 629. The maximum atomic E-state index is 10.8. The first-order valence-corrected chi connectivity index (χ1v) is 7.41. The van der Waals surface area contributed by atoms with E-state index < -0.39 is 0 Å². The van der Waals surface area contributed by atoms with E-state index in [0.29, 0.717) is 18.1 Å². The van der Waals surface area contributed by atoms with Crippen LogP contribution >= 0.6 is 11.6 Å². The van der Waals surface area contributed by atoms with Crippen LogP contribution in [0.4, 0.5) is 0 Å². The molecule has 4 nitrogen and oxygen atoms in total. The lowest BCUT2D eigenvalue weighted by Gasteiger charge is -2.11. The summed E-state index contributed by atoms with van der Waals surface area (Å²) in [5.41, 5.74) is 13.0. The molecule has 1 atom stereocenters. The van der Waals surface area contributed by atoms with Gasteiger partial charge in [-0.15, -0.1) is 0 Å². The molecule has 2 aromatic carbocycles. The van der Waals surface area contributed by atoms with E-state index >= 15 is 0 Å². The largest absolute Gasteiger partial charge is 0.489 e. The molecule has 2 rings (SSSR count). The summed E-state index contributed by atoms with van der Waals surface area (Å²) in [5.74, 6) is 0.374. The number of hydrogen-bond acceptors (Lipinski definition) is 3. The molecule has 0 heterocycles. The molecule has 0 spiro atoms. The van der Waals surface area contributed by atoms with Crippen LogP contribution in [-0.4, -0.2) is 11.9 Å². The zero-order valence-corrected chi connectivity index (χ0v) is 12.9. The number of hydrogen-bond donors (Lipinski definition) is 2. The van der Waals surface area contributed by atoms with Gasteiger partial charge in [-0.1, -0.05) is 41.9 Å². The molecular weight excluding hydrogens is 300 g/mol. The summed E-state index contributed by atoms with van der Waals surface area (Å²) in [7, 11) is 0. The lowest BCUT2D eigenvalue weighted by Crippen LogP contribution is -2.29. The number of nitrogens with two attached hydrogens (primary N) is 2. The van der Waals surface area contributed by atoms with Crippen LogP contribution in [0.1, 0.15) is 17.5 Å². The minimum Gasteiger partial charge on any atom is -0.489 e. The van der Waals surface area contributed by atoms with Gasteiger partial charge in [0.25, 0.3) is 0 Å². The maximum absolute atomic E-state index is 10.8. The van der Waals surface area contributed by atoms with Gasteiger partial charge in [0.15, 0.2) is 0 Å². The minimum atomic E-state index is -0.382. The Morgan fingerprint density at radius 1 is 1.14 bits per heavy atom. The van der Waals surface area contributed by atoms with Gasteiger partial charge >= 0.3 is 0 Å². The summed E-state index contributed by atoms with van der Waals surface area (Å²) in [6.45, 7) is 0.417. The van der Waals surface area contributed by atoms with E-state index in [1.54, 1.807) is 0 Å². The van der Waals surface area contributed by atoms with Gasteiger partial charge in [0.2, 0.25) is 5.91 Å². The summed E-state index contributed by atoms with van der Waals surface area (Å²) in [5, 5.41) is 0.691. The molecule has 0 aliphatic rings. The van der Waals surface area contributed by atoms with Crippen molar-refractivity contribution in [2.24, 2.45) is 11.5 Å². The topological polar surface area (TPSA) is 78.3 Å². The lowest BCUT2D eigenvalue weighted by atomic mass is 10.0. The summed E-state index contributed by atoms with van der Waals surface area (Å²) in [4.78, 5) is 10.8. The number of carbonyl (C=O) groups is 1. The van der Waals surface area contributed by atoms with Crippen LogP contribution in [0.2, 0.25) is 5.02 Å². The van der Waals surface area contributed by atoms with Crippen molar-refractivity contribution < 1.29 is 9.53 Å². The van der Waals surface area contributed by atoms with Gasteiger partial charge in [-0.05, 0) is 30.2 Å². The van der Waals surface area contributed by atoms with Crippen molar-refractivity contribution in [2.75, 3.05) is 0 Å². The zero-order chi connectivity index (χ0) is 15.9. The SMILES string of the molecule is NC(=O)CC(N)Cc1ccc(OCc2ccccc2Cl)cc1. The van der Waals surface area contributed by atoms with Crippen molar-refractivity contribution in [3.05, 3.63) is 64.7 Å². The van der Waals surface area contributed by atoms with Gasteiger partial charge in [-0.2, -0.15) is 0 Å². The second-order valence-electron chi connectivity index (χ2n) is 5.16. The van der Waals surface area contributed by atoms with Crippen LogP contribution in [0.5, 0.6) is 5.75 Å². The van der Waals surface area contributed by atoms with E-state index in [9.17, 15) is 4.79 Å². The molecule has 0 aliphatic carbocycles. The minimum absolute atomic E-state index is 0.185. The molecule has 0 aromatic heterocycles. The predicted octanol–water partition coefficient (Wildman–Crippen LogP) is 2.66. The highest BCUT2D eigenvalue weighted by atomic mass is 35.5. The Labute approximate surface area is 135 Å². The first-order valence-electron chi connectivity index (χ1n) is 7.03. The van der Waals surface area contributed by atoms with Crippen molar-refractivity contribution in [3.8, 4) is 5.75 Å². The second kappa shape index (κ2) is 7.82. The van der Waals surface area contributed by atoms with Crippen molar-refractivity contribution in [1.82, 2.24) is 0 Å². The molecule has 0 aliphatic heterocycles. The van der Waals surface area contributed by atoms with Crippen LogP contribution in [0.3, 0.4) is 0 Å². The van der Waals surface area contributed by atoms with Gasteiger partial charge in [0, 0.05) is 23.0 Å². The molecule has 0 radical (unpaired) electrons. The Balaban J connectivity index is 1.89. The first-order chi connectivity index (χ1) is 10.5. The van der Waals surface area contributed by atoms with Gasteiger partial charge in [0.1, 0.15) is 12.4 Å². The number of benzene rings is 2. The summed E-state index contributed by atoms with van der Waals surface area (Å²) >= 11 is 6.08. The number of amides is 1. The van der Waals surface area contributed by atoms with E-state index in [1.165, 1.54) is 0 Å². The normalized spacial score (nSPS) is 11.9. The lowest BCUT2D eigenvalue weighted by molar-refractivity contribution is -0.118. The molecule has 2 aromatic rings. The molecule has 0 saturated heterocycles. The van der Waals surface area contributed by atoms with E-state index in [2.05, 4.69) is 0 Å². The molecule has 0 bridgehead atoms. The molecule has 0 saturated carbocycles. The molecular formula is C17H19ClN2O2. The van der Waals surface area contributed by atoms with Gasteiger partial charge < -0.3 is 16.2 Å². The highest BCUT2D eigenvalue weighted by Crippen LogP contribution is 2.19. The van der Waals surface area contributed by atoms with Crippen LogP contribution in [0.15, 0.2) is 48.5 Å². The summed E-state index contributed by atoms with van der Waals surface area (Å²) in [6.07, 6.45) is 0.790. The van der Waals surface area contributed by atoms with Gasteiger partial charge in [-0.25, -0.2) is 0 Å². The van der Waals surface area contributed by atoms with Crippen LogP contribution in [0, 0.1) is 0 Å². The fourth-order valence-corrected chi connectivity index (χ4v) is 2.32. The Morgan fingerprint density at radius 3 is 2.45 bits per heavy atom. The number of ether oxygens (including phenoxy) is 1. The van der Waals surface area contributed by atoms with Crippen LogP contribution in [-0.2, 0) is 17.8 Å². The fourth-order valence-electron chi connectivity index (χ4n) is 2.13. The van der Waals surface area contributed by atoms with Gasteiger partial charge in [0.05, 0.1) is 0 Å². The van der Waals surface area contributed by atoms with E-state index in [1.807, 2.05) is 48.5 Å². The number of halogens is 1. The van der Waals surface area contributed by atoms with E-state index in [-0.39, 0.29) is 18.4 Å². The Kier molecular flexibility index (Phi) is 5.81. The van der Waals surface area contributed by atoms with Crippen molar-refractivity contribution in [2.45, 2.75) is 25.5 Å². The standard InChI is InChI=1S/C17H19ClN2O2/c18-16-4-2-1-3-13(16)11-22-15-7-5-12(6-8-15)9-14(19)10-17(20)21/h1-8,14H,9-11,19H2,(H2,20,21). The van der Waals surface area contributed by atoms with Crippen molar-refractivity contribution in [3.63, 3.8) is 0 Å². The highest BCUT2D eigenvalue weighted by molar-refractivity contribution is 6.31. The summed E-state index contributed by atoms with van der Waals surface area (Å²) in [6, 6.07) is 14.9. The third-order valence-electron chi connectivity index (χ3n) is 3.24. The smallest absolute Gasteiger partial charge is 0.218 e. The monoisotopic (exact) mass is 318 g/mol. The maximum Gasteiger partial charge on any atom is 0.218 e. The third kappa shape index (κ3) is 5.06. The van der Waals surface area contributed by atoms with Crippen LogP contribution < -0.4 is 16.2 Å². The summed E-state index contributed by atoms with van der Waals surface area (Å²) < 4.78 is 5.71. The van der Waals surface area contributed by atoms with Gasteiger partial charge in [-0.3, -0.25) is 4.79 Å². The number of rotatable bonds is 7. The molecule has 0 fully saturated rings. The number of carbonyl (C=O) groups excluding carboxylic acids is 1. The average Bonchev–Trinajstić information content (AvgIpc) is 2.47.